The van der Waals surface area contributed by atoms with Crippen LogP contribution in [0.2, 0.25) is 0 Å². The van der Waals surface area contributed by atoms with Crippen molar-refractivity contribution < 1.29 is 0 Å². The Labute approximate surface area is 275 Å². The van der Waals surface area contributed by atoms with Crippen molar-refractivity contribution in [3.63, 3.8) is 0 Å². The molecule has 0 saturated carbocycles. The number of para-hydroxylation sites is 3. The van der Waals surface area contributed by atoms with Crippen LogP contribution in [-0.4, -0.2) is 4.57 Å². The molecule has 2 nitrogen and oxygen atoms in total. The van der Waals surface area contributed by atoms with Gasteiger partial charge in [-0.2, -0.15) is 0 Å². The number of aromatic nitrogens is 1. The zero-order valence-corrected chi connectivity index (χ0v) is 26.6. The van der Waals surface area contributed by atoms with Crippen LogP contribution in [0.25, 0.3) is 49.7 Å². The zero-order valence-electron chi connectivity index (χ0n) is 26.6. The number of rotatable bonds is 5. The van der Waals surface area contributed by atoms with E-state index < -0.39 is 0 Å². The topological polar surface area (TPSA) is 8.17 Å². The van der Waals surface area contributed by atoms with E-state index in [0.717, 1.165) is 22.7 Å². The Kier molecular flexibility index (Phi) is 6.20. The lowest BCUT2D eigenvalue weighted by Crippen LogP contribution is -2.17. The minimum Gasteiger partial charge on any atom is -0.310 e. The van der Waals surface area contributed by atoms with Crippen molar-refractivity contribution in [3.8, 4) is 27.9 Å². The molecule has 1 heterocycles. The molecule has 0 fully saturated rings. The number of fused-ring (bicyclic) bond motifs is 6. The molecule has 224 valence electrons. The summed E-state index contributed by atoms with van der Waals surface area (Å²) in [6.45, 7) is 4.71. The van der Waals surface area contributed by atoms with Crippen LogP contribution in [-0.2, 0) is 5.41 Å². The maximum Gasteiger partial charge on any atom is 0.0548 e. The number of anilines is 3. The molecule has 0 unspecified atom stereocenters. The van der Waals surface area contributed by atoms with Crippen LogP contribution in [0.3, 0.4) is 0 Å². The van der Waals surface area contributed by atoms with Gasteiger partial charge in [0.05, 0.1) is 16.7 Å². The minimum absolute atomic E-state index is 0.0976. The van der Waals surface area contributed by atoms with Gasteiger partial charge in [0.25, 0.3) is 0 Å². The molecule has 0 saturated heterocycles. The van der Waals surface area contributed by atoms with Crippen molar-refractivity contribution >= 4 is 38.9 Å². The number of nitrogens with zero attached hydrogens (tertiary/aromatic N) is 2. The predicted octanol–water partition coefficient (Wildman–Crippen LogP) is 12.2. The summed E-state index contributed by atoms with van der Waals surface area (Å²) >= 11 is 0. The van der Waals surface area contributed by atoms with Crippen molar-refractivity contribution in [2.45, 2.75) is 19.3 Å². The van der Waals surface area contributed by atoms with Gasteiger partial charge in [0, 0.05) is 38.8 Å². The van der Waals surface area contributed by atoms with Gasteiger partial charge in [-0.15, -0.1) is 0 Å². The molecule has 0 radical (unpaired) electrons. The molecule has 0 amide bonds. The van der Waals surface area contributed by atoms with E-state index in [2.05, 4.69) is 193 Å². The predicted molar refractivity (Wildman–Crippen MR) is 198 cm³/mol. The molecule has 9 rings (SSSR count). The Hall–Kier alpha value is -5.86. The highest BCUT2D eigenvalue weighted by atomic mass is 15.1. The lowest BCUT2D eigenvalue weighted by Gasteiger charge is -2.30. The van der Waals surface area contributed by atoms with Gasteiger partial charge >= 0.3 is 0 Å². The average Bonchev–Trinajstić information content (AvgIpc) is 3.57. The first-order chi connectivity index (χ1) is 23.1. The molecule has 8 aromatic rings. The maximum absolute atomic E-state index is 2.45. The molecule has 1 aromatic heterocycles. The molecule has 0 N–H and O–H groups in total. The van der Waals surface area contributed by atoms with E-state index in [1.165, 1.54) is 55.2 Å². The van der Waals surface area contributed by atoms with Crippen LogP contribution in [0.15, 0.2) is 170 Å². The summed E-state index contributed by atoms with van der Waals surface area (Å²) < 4.78 is 2.41. The van der Waals surface area contributed by atoms with E-state index in [0.29, 0.717) is 0 Å². The van der Waals surface area contributed by atoms with Crippen LogP contribution in [0, 0.1) is 0 Å². The van der Waals surface area contributed by atoms with Crippen molar-refractivity contribution in [3.05, 3.63) is 181 Å². The lowest BCUT2D eigenvalue weighted by molar-refractivity contribution is 0.660. The second-order valence-corrected chi connectivity index (χ2v) is 13.0. The second kappa shape index (κ2) is 10.6. The molecule has 1 aliphatic carbocycles. The number of hydrogen-bond donors (Lipinski definition) is 0. The van der Waals surface area contributed by atoms with Gasteiger partial charge in [-0.25, -0.2) is 0 Å². The molecule has 0 bridgehead atoms. The van der Waals surface area contributed by atoms with Gasteiger partial charge in [0.2, 0.25) is 0 Å². The highest BCUT2D eigenvalue weighted by Gasteiger charge is 2.36. The SMILES string of the molecule is CC1(C)c2ccccc2-c2ccc(N(c3ccccc3)c3cc4c5ccccc5n(-c5ccccc5)c4cc3-c3ccccc3)cc21. The van der Waals surface area contributed by atoms with Crippen LogP contribution in [0.5, 0.6) is 0 Å². The Bertz CT molecular complexity index is 2420. The highest BCUT2D eigenvalue weighted by Crippen LogP contribution is 2.52. The van der Waals surface area contributed by atoms with Crippen molar-refractivity contribution in [1.82, 2.24) is 4.57 Å². The Morgan fingerprint density at radius 3 is 1.87 bits per heavy atom. The van der Waals surface area contributed by atoms with Crippen LogP contribution >= 0.6 is 0 Å². The Balaban J connectivity index is 1.36. The molecule has 47 heavy (non-hydrogen) atoms. The molecule has 0 atom stereocenters. The van der Waals surface area contributed by atoms with E-state index in [-0.39, 0.29) is 5.41 Å². The average molecular weight is 603 g/mol. The van der Waals surface area contributed by atoms with Gasteiger partial charge in [-0.1, -0.05) is 129 Å². The fourth-order valence-electron chi connectivity index (χ4n) is 7.73. The summed E-state index contributed by atoms with van der Waals surface area (Å²) in [5, 5.41) is 2.47. The second-order valence-electron chi connectivity index (χ2n) is 13.0. The van der Waals surface area contributed by atoms with Gasteiger partial charge in [0.15, 0.2) is 0 Å². The first-order valence-electron chi connectivity index (χ1n) is 16.4. The van der Waals surface area contributed by atoms with Crippen molar-refractivity contribution in [1.29, 1.82) is 0 Å². The zero-order chi connectivity index (χ0) is 31.5. The maximum atomic E-state index is 2.45. The Morgan fingerprint density at radius 1 is 0.447 bits per heavy atom. The highest BCUT2D eigenvalue weighted by molar-refractivity contribution is 6.13. The normalized spacial score (nSPS) is 13.1. The summed E-state index contributed by atoms with van der Waals surface area (Å²) in [6, 6.07) is 61.9. The number of hydrogen-bond acceptors (Lipinski definition) is 1. The van der Waals surface area contributed by atoms with Crippen molar-refractivity contribution in [2.24, 2.45) is 0 Å². The number of benzene rings is 7. The largest absolute Gasteiger partial charge is 0.310 e. The molecular weight excluding hydrogens is 569 g/mol. The summed E-state index contributed by atoms with van der Waals surface area (Å²) in [7, 11) is 0. The van der Waals surface area contributed by atoms with Gasteiger partial charge in [0.1, 0.15) is 0 Å². The Morgan fingerprint density at radius 2 is 1.09 bits per heavy atom. The van der Waals surface area contributed by atoms with Crippen LogP contribution in [0.4, 0.5) is 17.1 Å². The first-order valence-corrected chi connectivity index (χ1v) is 16.4. The third-order valence-corrected chi connectivity index (χ3v) is 9.97. The van der Waals surface area contributed by atoms with E-state index >= 15 is 0 Å². The lowest BCUT2D eigenvalue weighted by atomic mass is 9.82. The summed E-state index contributed by atoms with van der Waals surface area (Å²) in [6.07, 6.45) is 0. The fraction of sp³-hybridized carbons (Fsp3) is 0.0667. The molecule has 0 aliphatic heterocycles. The smallest absolute Gasteiger partial charge is 0.0548 e. The molecule has 7 aromatic carbocycles. The van der Waals surface area contributed by atoms with E-state index in [4.69, 9.17) is 0 Å². The third-order valence-electron chi connectivity index (χ3n) is 9.97. The van der Waals surface area contributed by atoms with E-state index in [1.807, 2.05) is 0 Å². The molecule has 2 heteroatoms. The molecule has 0 spiro atoms. The minimum atomic E-state index is -0.0976. The quantitative estimate of drug-likeness (QED) is 0.190. The van der Waals surface area contributed by atoms with Gasteiger partial charge < -0.3 is 9.47 Å². The van der Waals surface area contributed by atoms with Crippen LogP contribution in [0.1, 0.15) is 25.0 Å². The van der Waals surface area contributed by atoms with Gasteiger partial charge in [-0.05, 0) is 82.4 Å². The van der Waals surface area contributed by atoms with Crippen LogP contribution < -0.4 is 4.90 Å². The summed E-state index contributed by atoms with van der Waals surface area (Å²) in [5.74, 6) is 0. The van der Waals surface area contributed by atoms with E-state index in [9.17, 15) is 0 Å². The summed E-state index contributed by atoms with van der Waals surface area (Å²) in [5.41, 5.74) is 14.7. The van der Waals surface area contributed by atoms with E-state index in [1.54, 1.807) is 0 Å². The molecular formula is C45H34N2. The molecule has 1 aliphatic rings. The van der Waals surface area contributed by atoms with Crippen molar-refractivity contribution in [2.75, 3.05) is 4.90 Å². The fourth-order valence-corrected chi connectivity index (χ4v) is 7.73. The standard InChI is InChI=1S/C45H34N2/c1-45(2)40-24-14-12-22-35(40)36-27-26-34(28-41(36)45)46(32-18-8-4-9-19-32)43-30-39-37-23-13-15-25-42(37)47(33-20-10-5-11-21-33)44(39)29-38(43)31-16-6-3-7-17-31/h3-30H,1-2H3. The summed E-state index contributed by atoms with van der Waals surface area (Å²) in [4.78, 5) is 2.45. The first kappa shape index (κ1) is 27.5. The van der Waals surface area contributed by atoms with Gasteiger partial charge in [-0.3, -0.25) is 0 Å². The monoisotopic (exact) mass is 602 g/mol. The third kappa shape index (κ3) is 4.26.